The molecule has 0 saturated carbocycles. The summed E-state index contributed by atoms with van der Waals surface area (Å²) in [6, 6.07) is 4.15. The van der Waals surface area contributed by atoms with E-state index in [4.69, 9.17) is 0 Å². The molecule has 2 saturated heterocycles. The molecule has 0 bridgehead atoms. The highest BCUT2D eigenvalue weighted by Crippen LogP contribution is 2.20. The Bertz CT molecular complexity index is 552. The van der Waals surface area contributed by atoms with Crippen molar-refractivity contribution in [1.82, 2.24) is 19.5 Å². The zero-order valence-electron chi connectivity index (χ0n) is 12.1. The maximum Gasteiger partial charge on any atom is 0.214 e. The minimum absolute atomic E-state index is 0.186. The molecule has 3 rings (SSSR count). The maximum absolute atomic E-state index is 12.3. The first kappa shape index (κ1) is 14.9. The molecule has 7 heteroatoms. The van der Waals surface area contributed by atoms with Gasteiger partial charge in [0.25, 0.3) is 0 Å². The van der Waals surface area contributed by atoms with Crippen LogP contribution in [0.25, 0.3) is 0 Å². The van der Waals surface area contributed by atoms with Crippen LogP contribution in [-0.2, 0) is 16.4 Å². The molecule has 0 unspecified atom stereocenters. The summed E-state index contributed by atoms with van der Waals surface area (Å²) in [6.45, 7) is 5.36. The average Bonchev–Trinajstić information content (AvgIpc) is 2.46. The van der Waals surface area contributed by atoms with Gasteiger partial charge in [0.2, 0.25) is 10.0 Å². The molecule has 0 aliphatic carbocycles. The third-order valence-electron chi connectivity index (χ3n) is 4.29. The molecular formula is C14H22N4O2S. The van der Waals surface area contributed by atoms with Crippen molar-refractivity contribution in [3.8, 4) is 0 Å². The maximum atomic E-state index is 12.3. The van der Waals surface area contributed by atoms with E-state index in [1.165, 1.54) is 0 Å². The monoisotopic (exact) mass is 310 g/mol. The lowest BCUT2D eigenvalue weighted by Gasteiger charge is -2.45. The van der Waals surface area contributed by atoms with Gasteiger partial charge in [0.15, 0.2) is 0 Å². The van der Waals surface area contributed by atoms with Gasteiger partial charge in [-0.1, -0.05) is 0 Å². The zero-order valence-corrected chi connectivity index (χ0v) is 12.9. The molecule has 6 nitrogen and oxygen atoms in total. The third-order valence-corrected chi connectivity index (χ3v) is 6.09. The molecule has 0 radical (unpaired) electrons. The van der Waals surface area contributed by atoms with Crippen molar-refractivity contribution in [3.63, 3.8) is 0 Å². The Kier molecular flexibility index (Phi) is 4.54. The van der Waals surface area contributed by atoms with E-state index in [-0.39, 0.29) is 5.75 Å². The molecule has 2 fully saturated rings. The fraction of sp³-hybridized carbons (Fsp3) is 0.643. The Hall–Kier alpha value is -1.02. The molecular weight excluding hydrogens is 288 g/mol. The van der Waals surface area contributed by atoms with Crippen LogP contribution in [0.15, 0.2) is 24.5 Å². The van der Waals surface area contributed by atoms with E-state index in [1.807, 2.05) is 12.1 Å². The Labute approximate surface area is 126 Å². The largest absolute Gasteiger partial charge is 0.314 e. The van der Waals surface area contributed by atoms with E-state index in [9.17, 15) is 8.42 Å². The van der Waals surface area contributed by atoms with Crippen LogP contribution in [0.2, 0.25) is 0 Å². The van der Waals surface area contributed by atoms with Crippen molar-refractivity contribution in [1.29, 1.82) is 0 Å². The number of aromatic nitrogens is 1. The van der Waals surface area contributed by atoms with Gasteiger partial charge in [-0.25, -0.2) is 8.42 Å². The van der Waals surface area contributed by atoms with Gasteiger partial charge < -0.3 is 5.32 Å². The van der Waals surface area contributed by atoms with Gasteiger partial charge in [-0.05, 0) is 24.1 Å². The standard InChI is InChI=1S/C14H22N4O2S/c19-21(20,10-3-13-1-4-15-5-2-13)18-11-14(12-18)17-8-6-16-7-9-17/h1-2,4-5,14,16H,3,6-12H2. The van der Waals surface area contributed by atoms with Crippen molar-refractivity contribution in [2.75, 3.05) is 45.0 Å². The van der Waals surface area contributed by atoms with Crippen LogP contribution in [0, 0.1) is 0 Å². The van der Waals surface area contributed by atoms with E-state index in [2.05, 4.69) is 15.2 Å². The topological polar surface area (TPSA) is 65.5 Å². The van der Waals surface area contributed by atoms with Gasteiger partial charge >= 0.3 is 0 Å². The Balaban J connectivity index is 1.48. The molecule has 116 valence electrons. The Morgan fingerprint density at radius 2 is 1.86 bits per heavy atom. The fourth-order valence-electron chi connectivity index (χ4n) is 2.85. The minimum Gasteiger partial charge on any atom is -0.314 e. The first-order chi connectivity index (χ1) is 10.1. The van der Waals surface area contributed by atoms with Crippen LogP contribution in [0.1, 0.15) is 5.56 Å². The molecule has 21 heavy (non-hydrogen) atoms. The second-order valence-corrected chi connectivity index (χ2v) is 7.77. The average molecular weight is 310 g/mol. The summed E-state index contributed by atoms with van der Waals surface area (Å²) >= 11 is 0. The van der Waals surface area contributed by atoms with Crippen molar-refractivity contribution in [2.45, 2.75) is 12.5 Å². The second kappa shape index (κ2) is 6.39. The predicted octanol–water partition coefficient (Wildman–Crippen LogP) is -0.457. The number of sulfonamides is 1. The van der Waals surface area contributed by atoms with Gasteiger partial charge in [-0.3, -0.25) is 9.88 Å². The first-order valence-electron chi connectivity index (χ1n) is 7.47. The van der Waals surface area contributed by atoms with E-state index in [1.54, 1.807) is 16.7 Å². The van der Waals surface area contributed by atoms with Crippen molar-refractivity contribution >= 4 is 10.0 Å². The van der Waals surface area contributed by atoms with Crippen LogP contribution in [0.4, 0.5) is 0 Å². The lowest BCUT2D eigenvalue weighted by atomic mass is 10.1. The number of rotatable bonds is 5. The summed E-state index contributed by atoms with van der Waals surface area (Å²) in [7, 11) is -3.12. The van der Waals surface area contributed by atoms with Crippen molar-refractivity contribution < 1.29 is 8.42 Å². The number of hydrogen-bond acceptors (Lipinski definition) is 5. The third kappa shape index (κ3) is 3.60. The van der Waals surface area contributed by atoms with E-state index >= 15 is 0 Å². The summed E-state index contributed by atoms with van der Waals surface area (Å²) in [5, 5.41) is 3.32. The fourth-order valence-corrected chi connectivity index (χ4v) is 4.40. The molecule has 1 aromatic rings. The lowest BCUT2D eigenvalue weighted by molar-refractivity contribution is 0.0773. The molecule has 0 atom stereocenters. The molecule has 1 N–H and O–H groups in total. The normalized spacial score (nSPS) is 22.1. The quantitative estimate of drug-likeness (QED) is 0.797. The summed E-state index contributed by atoms with van der Waals surface area (Å²) in [5.41, 5.74) is 1.02. The van der Waals surface area contributed by atoms with Gasteiger partial charge in [0, 0.05) is 57.7 Å². The predicted molar refractivity (Wildman–Crippen MR) is 81.5 cm³/mol. The highest BCUT2D eigenvalue weighted by atomic mass is 32.2. The van der Waals surface area contributed by atoms with E-state index < -0.39 is 10.0 Å². The number of aryl methyl sites for hydroxylation is 1. The van der Waals surface area contributed by atoms with Gasteiger partial charge in [0.1, 0.15) is 0 Å². The first-order valence-corrected chi connectivity index (χ1v) is 9.07. The van der Waals surface area contributed by atoms with E-state index in [0.717, 1.165) is 31.7 Å². The SMILES string of the molecule is O=S(=O)(CCc1ccncc1)N1CC(N2CCNCC2)C1. The number of hydrogen-bond donors (Lipinski definition) is 1. The van der Waals surface area contributed by atoms with Gasteiger partial charge in [-0.2, -0.15) is 4.31 Å². The highest BCUT2D eigenvalue weighted by Gasteiger charge is 2.38. The summed E-state index contributed by atoms with van der Waals surface area (Å²) in [6.07, 6.45) is 3.96. The Morgan fingerprint density at radius 1 is 1.19 bits per heavy atom. The number of nitrogens with zero attached hydrogens (tertiary/aromatic N) is 3. The number of piperazine rings is 1. The highest BCUT2D eigenvalue weighted by molar-refractivity contribution is 7.89. The molecule has 0 amide bonds. The summed E-state index contributed by atoms with van der Waals surface area (Å²) in [5.74, 6) is 0.186. The summed E-state index contributed by atoms with van der Waals surface area (Å²) in [4.78, 5) is 6.34. The van der Waals surface area contributed by atoms with Crippen LogP contribution < -0.4 is 5.32 Å². The van der Waals surface area contributed by atoms with Gasteiger partial charge in [-0.15, -0.1) is 0 Å². The van der Waals surface area contributed by atoms with E-state index in [0.29, 0.717) is 25.6 Å². The lowest BCUT2D eigenvalue weighted by Crippen LogP contribution is -2.64. The van der Waals surface area contributed by atoms with Gasteiger partial charge in [0.05, 0.1) is 5.75 Å². The number of pyridine rings is 1. The van der Waals surface area contributed by atoms with Crippen LogP contribution in [0.3, 0.4) is 0 Å². The van der Waals surface area contributed by atoms with Crippen LogP contribution in [0.5, 0.6) is 0 Å². The molecule has 0 aromatic carbocycles. The number of nitrogens with one attached hydrogen (secondary N) is 1. The zero-order chi connectivity index (χ0) is 14.7. The molecule has 0 spiro atoms. The Morgan fingerprint density at radius 3 is 2.52 bits per heavy atom. The molecule has 2 aliphatic rings. The van der Waals surface area contributed by atoms with Crippen molar-refractivity contribution in [2.24, 2.45) is 0 Å². The van der Waals surface area contributed by atoms with Crippen LogP contribution in [-0.4, -0.2) is 73.7 Å². The van der Waals surface area contributed by atoms with Crippen molar-refractivity contribution in [3.05, 3.63) is 30.1 Å². The minimum atomic E-state index is -3.12. The second-order valence-electron chi connectivity index (χ2n) is 5.68. The summed E-state index contributed by atoms with van der Waals surface area (Å²) < 4.78 is 26.2. The van der Waals surface area contributed by atoms with Crippen LogP contribution >= 0.6 is 0 Å². The molecule has 1 aromatic heterocycles. The smallest absolute Gasteiger partial charge is 0.214 e. The molecule has 2 aliphatic heterocycles. The molecule has 3 heterocycles.